The molecule has 0 aliphatic carbocycles. The fourth-order valence-corrected chi connectivity index (χ4v) is 1.92. The van der Waals surface area contributed by atoms with Gasteiger partial charge in [0, 0.05) is 6.54 Å². The first kappa shape index (κ1) is 18.5. The highest BCUT2D eigenvalue weighted by molar-refractivity contribution is 5.99. The number of esters is 1. The zero-order chi connectivity index (χ0) is 17.3. The molecule has 0 saturated heterocycles. The average Bonchev–Trinajstić information content (AvgIpc) is 2.55. The minimum atomic E-state index is -1.82. The molecule has 7 heteroatoms. The second-order valence-corrected chi connectivity index (χ2v) is 4.88. The van der Waals surface area contributed by atoms with E-state index in [2.05, 4.69) is 5.32 Å². The molecular weight excluding hydrogens is 302 g/mol. The van der Waals surface area contributed by atoms with Gasteiger partial charge in [0.05, 0.1) is 6.61 Å². The van der Waals surface area contributed by atoms with E-state index in [-0.39, 0.29) is 19.6 Å². The first-order chi connectivity index (χ1) is 11.0. The van der Waals surface area contributed by atoms with Gasteiger partial charge in [-0.15, -0.1) is 0 Å². The van der Waals surface area contributed by atoms with Crippen molar-refractivity contribution in [2.24, 2.45) is 5.41 Å². The molecule has 0 heterocycles. The molecule has 1 atom stereocenters. The summed E-state index contributed by atoms with van der Waals surface area (Å²) in [6.45, 7) is 2.85. The van der Waals surface area contributed by atoms with Gasteiger partial charge in [-0.1, -0.05) is 37.3 Å². The predicted octanol–water partition coefficient (Wildman–Crippen LogP) is 1.96. The first-order valence-electron chi connectivity index (χ1n) is 7.31. The lowest BCUT2D eigenvalue weighted by molar-refractivity contribution is -0.168. The van der Waals surface area contributed by atoms with Gasteiger partial charge in [0.2, 0.25) is 0 Å². The van der Waals surface area contributed by atoms with E-state index in [0.717, 1.165) is 5.56 Å². The van der Waals surface area contributed by atoms with Gasteiger partial charge in [0.25, 0.3) is 0 Å². The van der Waals surface area contributed by atoms with Gasteiger partial charge >= 0.3 is 18.0 Å². The largest absolute Gasteiger partial charge is 0.480 e. The average molecular weight is 323 g/mol. The second-order valence-electron chi connectivity index (χ2n) is 4.88. The molecule has 1 aromatic rings. The third-order valence-corrected chi connectivity index (χ3v) is 3.43. The molecule has 0 saturated carbocycles. The van der Waals surface area contributed by atoms with Crippen LogP contribution in [0.4, 0.5) is 4.79 Å². The smallest absolute Gasteiger partial charge is 0.407 e. The minimum Gasteiger partial charge on any atom is -0.480 e. The van der Waals surface area contributed by atoms with Crippen molar-refractivity contribution in [3.05, 3.63) is 35.9 Å². The minimum absolute atomic E-state index is 0.0138. The Balaban J connectivity index is 2.61. The summed E-state index contributed by atoms with van der Waals surface area (Å²) >= 11 is 0. The van der Waals surface area contributed by atoms with Crippen LogP contribution in [0.25, 0.3) is 0 Å². The maximum Gasteiger partial charge on any atom is 0.407 e. The number of alkyl carbamates (subject to hydrolysis) is 1. The van der Waals surface area contributed by atoms with Gasteiger partial charge in [-0.3, -0.25) is 9.59 Å². The number of carbonyl (C=O) groups excluding carboxylic acids is 2. The molecule has 0 aliphatic rings. The Bertz CT molecular complexity index is 545. The fourth-order valence-electron chi connectivity index (χ4n) is 1.92. The van der Waals surface area contributed by atoms with Crippen molar-refractivity contribution >= 4 is 18.0 Å². The monoisotopic (exact) mass is 323 g/mol. The third-order valence-electron chi connectivity index (χ3n) is 3.43. The number of benzene rings is 1. The summed E-state index contributed by atoms with van der Waals surface area (Å²) in [5, 5.41) is 11.7. The van der Waals surface area contributed by atoms with Gasteiger partial charge in [-0.25, -0.2) is 4.79 Å². The Morgan fingerprint density at radius 1 is 1.13 bits per heavy atom. The Hall–Kier alpha value is -2.57. The number of carboxylic acids is 1. The molecule has 126 valence electrons. The molecule has 0 fully saturated rings. The van der Waals surface area contributed by atoms with Crippen molar-refractivity contribution < 1.29 is 29.0 Å². The zero-order valence-electron chi connectivity index (χ0n) is 13.2. The van der Waals surface area contributed by atoms with Crippen LogP contribution in [0.3, 0.4) is 0 Å². The van der Waals surface area contributed by atoms with Crippen LogP contribution in [-0.4, -0.2) is 36.3 Å². The van der Waals surface area contributed by atoms with Crippen LogP contribution in [0.2, 0.25) is 0 Å². The molecule has 2 N–H and O–H groups in total. The van der Waals surface area contributed by atoms with Gasteiger partial charge in [0.15, 0.2) is 5.41 Å². The van der Waals surface area contributed by atoms with Crippen LogP contribution in [0.1, 0.15) is 25.8 Å². The summed E-state index contributed by atoms with van der Waals surface area (Å²) in [5.41, 5.74) is -1.02. The summed E-state index contributed by atoms with van der Waals surface area (Å²) in [4.78, 5) is 35.1. The number of aliphatic carboxylic acids is 1. The van der Waals surface area contributed by atoms with Gasteiger partial charge in [0.1, 0.15) is 6.61 Å². The van der Waals surface area contributed by atoms with Gasteiger partial charge in [-0.05, 0) is 18.9 Å². The number of carbonyl (C=O) groups is 3. The van der Waals surface area contributed by atoms with Gasteiger partial charge in [-0.2, -0.15) is 0 Å². The molecule has 1 amide bonds. The molecule has 7 nitrogen and oxygen atoms in total. The molecule has 0 aliphatic heterocycles. The lowest BCUT2D eigenvalue weighted by Crippen LogP contribution is -2.49. The van der Waals surface area contributed by atoms with E-state index in [4.69, 9.17) is 9.47 Å². The van der Waals surface area contributed by atoms with E-state index in [0.29, 0.717) is 0 Å². The van der Waals surface area contributed by atoms with E-state index in [1.807, 2.05) is 18.2 Å². The van der Waals surface area contributed by atoms with Gasteiger partial charge < -0.3 is 19.9 Å². The quantitative estimate of drug-likeness (QED) is 0.560. The SMILES string of the molecule is CCOC(=O)C(CC)(CNC(=O)OCc1ccccc1)C(=O)O. The number of carboxylic acid groups (broad SMARTS) is 1. The van der Waals surface area contributed by atoms with Crippen molar-refractivity contribution in [2.45, 2.75) is 26.9 Å². The first-order valence-corrected chi connectivity index (χ1v) is 7.31. The highest BCUT2D eigenvalue weighted by atomic mass is 16.5. The van der Waals surface area contributed by atoms with Crippen LogP contribution >= 0.6 is 0 Å². The summed E-state index contributed by atoms with van der Waals surface area (Å²) in [5.74, 6) is -2.22. The van der Waals surface area contributed by atoms with E-state index < -0.39 is 30.0 Å². The molecule has 23 heavy (non-hydrogen) atoms. The van der Waals surface area contributed by atoms with Crippen LogP contribution < -0.4 is 5.32 Å². The van der Waals surface area contributed by atoms with Crippen molar-refractivity contribution in [3.8, 4) is 0 Å². The normalized spacial score (nSPS) is 12.8. The predicted molar refractivity (Wildman–Crippen MR) is 81.6 cm³/mol. The number of rotatable bonds is 8. The summed E-state index contributed by atoms with van der Waals surface area (Å²) in [6, 6.07) is 9.04. The highest BCUT2D eigenvalue weighted by Crippen LogP contribution is 2.23. The van der Waals surface area contributed by atoms with E-state index in [9.17, 15) is 19.5 Å². The number of hydrogen-bond acceptors (Lipinski definition) is 5. The number of ether oxygens (including phenoxy) is 2. The molecule has 1 aromatic carbocycles. The molecule has 0 spiro atoms. The van der Waals surface area contributed by atoms with E-state index >= 15 is 0 Å². The van der Waals surface area contributed by atoms with Crippen LogP contribution in [0.15, 0.2) is 30.3 Å². The molecule has 0 bridgehead atoms. The van der Waals surface area contributed by atoms with Crippen molar-refractivity contribution in [1.29, 1.82) is 0 Å². The molecular formula is C16H21NO6. The maximum atomic E-state index is 11.9. The molecule has 1 unspecified atom stereocenters. The Kier molecular flexibility index (Phi) is 7.05. The number of nitrogens with one attached hydrogen (secondary N) is 1. The fraction of sp³-hybridized carbons (Fsp3) is 0.438. The molecule has 0 aromatic heterocycles. The lowest BCUT2D eigenvalue weighted by Gasteiger charge is -2.25. The Labute approximate surface area is 134 Å². The van der Waals surface area contributed by atoms with Crippen LogP contribution in [-0.2, 0) is 25.7 Å². The topological polar surface area (TPSA) is 102 Å². The van der Waals surface area contributed by atoms with Crippen molar-refractivity contribution in [3.63, 3.8) is 0 Å². The van der Waals surface area contributed by atoms with Crippen molar-refractivity contribution in [2.75, 3.05) is 13.2 Å². The third kappa shape index (κ3) is 4.98. The maximum absolute atomic E-state index is 11.9. The number of amides is 1. The second kappa shape index (κ2) is 8.77. The summed E-state index contributed by atoms with van der Waals surface area (Å²) in [7, 11) is 0. The molecule has 1 rings (SSSR count). The summed E-state index contributed by atoms with van der Waals surface area (Å²) in [6.07, 6.45) is -0.808. The zero-order valence-corrected chi connectivity index (χ0v) is 13.2. The Morgan fingerprint density at radius 3 is 2.30 bits per heavy atom. The number of hydrogen-bond donors (Lipinski definition) is 2. The van der Waals surface area contributed by atoms with Crippen molar-refractivity contribution in [1.82, 2.24) is 5.32 Å². The van der Waals surface area contributed by atoms with E-state index in [1.165, 1.54) is 0 Å². The standard InChI is InChI=1S/C16H21NO6/c1-3-16(13(18)19,14(20)22-4-2)11-17-15(21)23-10-12-8-6-5-7-9-12/h5-9H,3-4,10-11H2,1-2H3,(H,17,21)(H,18,19). The van der Waals surface area contributed by atoms with Crippen LogP contribution in [0, 0.1) is 5.41 Å². The Morgan fingerprint density at radius 2 is 1.78 bits per heavy atom. The van der Waals surface area contributed by atoms with E-state index in [1.54, 1.807) is 26.0 Å². The summed E-state index contributed by atoms with van der Waals surface area (Å²) < 4.78 is 9.80. The van der Waals surface area contributed by atoms with Crippen LogP contribution in [0.5, 0.6) is 0 Å². The highest BCUT2D eigenvalue weighted by Gasteiger charge is 2.46. The lowest BCUT2D eigenvalue weighted by atomic mass is 9.85. The molecule has 0 radical (unpaired) electrons.